The van der Waals surface area contributed by atoms with Gasteiger partial charge in [-0.1, -0.05) is 23.2 Å². The van der Waals surface area contributed by atoms with Crippen LogP contribution in [-0.2, 0) is 10.0 Å². The van der Waals surface area contributed by atoms with E-state index in [1.807, 2.05) is 0 Å². The molecule has 0 amide bonds. The van der Waals surface area contributed by atoms with Gasteiger partial charge in [0, 0.05) is 17.3 Å². The van der Waals surface area contributed by atoms with E-state index in [2.05, 4.69) is 4.72 Å². The van der Waals surface area contributed by atoms with Gasteiger partial charge in [0.2, 0.25) is 10.0 Å². The minimum atomic E-state index is -3.59. The zero-order chi connectivity index (χ0) is 16.2. The number of hydrogen-bond donors (Lipinski definition) is 2. The normalized spacial score (nSPS) is 11.4. The smallest absolute Gasteiger partial charge is 0.240 e. The summed E-state index contributed by atoms with van der Waals surface area (Å²) >= 11 is 11.7. The number of rotatable bonds is 6. The van der Waals surface area contributed by atoms with Gasteiger partial charge in [-0.2, -0.15) is 0 Å². The zero-order valence-corrected chi connectivity index (χ0v) is 13.8. The van der Waals surface area contributed by atoms with Crippen molar-refractivity contribution in [3.63, 3.8) is 0 Å². The fourth-order valence-corrected chi connectivity index (χ4v) is 3.14. The van der Waals surface area contributed by atoms with Crippen molar-refractivity contribution in [2.75, 3.05) is 18.9 Å². The standard InChI is InChI=1S/C14H14Cl2N2O3S/c15-10-1-6-14(13(16)9-10)21-8-7-18-22(19,20)12-4-2-11(17)3-5-12/h1-6,9,18H,7-8,17H2. The first kappa shape index (κ1) is 16.9. The summed E-state index contributed by atoms with van der Waals surface area (Å²) in [6, 6.07) is 10.7. The van der Waals surface area contributed by atoms with E-state index < -0.39 is 10.0 Å². The van der Waals surface area contributed by atoms with Crippen molar-refractivity contribution < 1.29 is 13.2 Å². The summed E-state index contributed by atoms with van der Waals surface area (Å²) in [7, 11) is -3.59. The second-order valence-corrected chi connectivity index (χ2v) is 7.00. The highest BCUT2D eigenvalue weighted by molar-refractivity contribution is 7.89. The summed E-state index contributed by atoms with van der Waals surface area (Å²) in [5.74, 6) is 0.442. The van der Waals surface area contributed by atoms with Crippen molar-refractivity contribution in [1.29, 1.82) is 0 Å². The Hall–Kier alpha value is -1.47. The lowest BCUT2D eigenvalue weighted by molar-refractivity contribution is 0.323. The van der Waals surface area contributed by atoms with Crippen molar-refractivity contribution >= 4 is 38.9 Å². The van der Waals surface area contributed by atoms with Crippen LogP contribution < -0.4 is 15.2 Å². The van der Waals surface area contributed by atoms with Crippen LogP contribution >= 0.6 is 23.2 Å². The first-order valence-electron chi connectivity index (χ1n) is 6.31. The van der Waals surface area contributed by atoms with Gasteiger partial charge < -0.3 is 10.5 Å². The molecule has 0 saturated carbocycles. The van der Waals surface area contributed by atoms with Crippen LogP contribution in [0.15, 0.2) is 47.4 Å². The van der Waals surface area contributed by atoms with E-state index in [1.54, 1.807) is 18.2 Å². The van der Waals surface area contributed by atoms with Gasteiger partial charge in [-0.25, -0.2) is 13.1 Å². The van der Waals surface area contributed by atoms with Gasteiger partial charge in [0.1, 0.15) is 12.4 Å². The Morgan fingerprint density at radius 2 is 1.77 bits per heavy atom. The lowest BCUT2D eigenvalue weighted by Crippen LogP contribution is -2.28. The van der Waals surface area contributed by atoms with Crippen LogP contribution in [0.1, 0.15) is 0 Å². The zero-order valence-electron chi connectivity index (χ0n) is 11.4. The molecular formula is C14H14Cl2N2O3S. The van der Waals surface area contributed by atoms with Gasteiger partial charge in [0.15, 0.2) is 0 Å². The second-order valence-electron chi connectivity index (χ2n) is 4.39. The summed E-state index contributed by atoms with van der Waals surface area (Å²) in [6.45, 7) is 0.237. The highest BCUT2D eigenvalue weighted by Gasteiger charge is 2.13. The molecule has 0 spiro atoms. The summed E-state index contributed by atoms with van der Waals surface area (Å²) < 4.78 is 31.9. The average Bonchev–Trinajstić information content (AvgIpc) is 2.46. The number of benzene rings is 2. The summed E-state index contributed by atoms with van der Waals surface area (Å²) in [4.78, 5) is 0.145. The van der Waals surface area contributed by atoms with Gasteiger partial charge in [0.25, 0.3) is 0 Å². The van der Waals surface area contributed by atoms with Gasteiger partial charge >= 0.3 is 0 Å². The van der Waals surface area contributed by atoms with E-state index in [-0.39, 0.29) is 18.0 Å². The molecule has 0 aliphatic heterocycles. The lowest BCUT2D eigenvalue weighted by Gasteiger charge is -2.10. The fraction of sp³-hybridized carbons (Fsp3) is 0.143. The fourth-order valence-electron chi connectivity index (χ4n) is 1.66. The van der Waals surface area contributed by atoms with Crippen LogP contribution in [0.25, 0.3) is 0 Å². The molecule has 22 heavy (non-hydrogen) atoms. The quantitative estimate of drug-likeness (QED) is 0.612. The molecular weight excluding hydrogens is 347 g/mol. The third-order valence-corrected chi connectivity index (χ3v) is 4.74. The summed E-state index contributed by atoms with van der Waals surface area (Å²) in [5.41, 5.74) is 6.02. The van der Waals surface area contributed by atoms with Crippen molar-refractivity contribution in [3.8, 4) is 5.75 Å². The Kier molecular flexibility index (Phi) is 5.52. The topological polar surface area (TPSA) is 81.4 Å². The van der Waals surface area contributed by atoms with Crippen molar-refractivity contribution in [1.82, 2.24) is 4.72 Å². The minimum Gasteiger partial charge on any atom is -0.491 e. The number of nitrogen functional groups attached to an aromatic ring is 1. The van der Waals surface area contributed by atoms with Gasteiger partial charge in [-0.15, -0.1) is 0 Å². The monoisotopic (exact) mass is 360 g/mol. The van der Waals surface area contributed by atoms with Crippen LogP contribution in [0.3, 0.4) is 0 Å². The molecule has 0 heterocycles. The van der Waals surface area contributed by atoms with Crippen molar-refractivity contribution in [3.05, 3.63) is 52.5 Å². The number of sulfonamides is 1. The molecule has 2 aromatic carbocycles. The molecule has 0 aromatic heterocycles. The van der Waals surface area contributed by atoms with Crippen molar-refractivity contribution in [2.24, 2.45) is 0 Å². The Bertz CT molecular complexity index is 749. The van der Waals surface area contributed by atoms with E-state index in [0.717, 1.165) is 0 Å². The molecule has 0 unspecified atom stereocenters. The van der Waals surface area contributed by atoms with Crippen LogP contribution in [0, 0.1) is 0 Å². The molecule has 3 N–H and O–H groups in total. The molecule has 0 saturated heterocycles. The Balaban J connectivity index is 1.89. The van der Waals surface area contributed by atoms with Gasteiger partial charge in [0.05, 0.1) is 9.92 Å². The highest BCUT2D eigenvalue weighted by Crippen LogP contribution is 2.27. The first-order chi connectivity index (χ1) is 10.4. The van der Waals surface area contributed by atoms with Gasteiger partial charge in [-0.05, 0) is 42.5 Å². The maximum Gasteiger partial charge on any atom is 0.240 e. The summed E-state index contributed by atoms with van der Waals surface area (Å²) in [5, 5.41) is 0.871. The first-order valence-corrected chi connectivity index (χ1v) is 8.55. The number of ether oxygens (including phenoxy) is 1. The van der Waals surface area contributed by atoms with E-state index in [1.165, 1.54) is 24.3 Å². The molecule has 0 fully saturated rings. The molecule has 0 aliphatic rings. The van der Waals surface area contributed by atoms with Crippen LogP contribution in [0.4, 0.5) is 5.69 Å². The van der Waals surface area contributed by atoms with Crippen LogP contribution in [0.5, 0.6) is 5.75 Å². The maximum absolute atomic E-state index is 12.0. The molecule has 118 valence electrons. The van der Waals surface area contributed by atoms with Crippen LogP contribution in [0.2, 0.25) is 10.0 Å². The van der Waals surface area contributed by atoms with Gasteiger partial charge in [-0.3, -0.25) is 0 Å². The Labute approximate surface area is 139 Å². The maximum atomic E-state index is 12.0. The minimum absolute atomic E-state index is 0.103. The molecule has 8 heteroatoms. The number of halogens is 2. The van der Waals surface area contributed by atoms with E-state index >= 15 is 0 Å². The molecule has 2 aromatic rings. The number of nitrogens with two attached hydrogens (primary N) is 1. The Morgan fingerprint density at radius 1 is 1.09 bits per heavy atom. The molecule has 0 aliphatic carbocycles. The Morgan fingerprint density at radius 3 is 2.41 bits per heavy atom. The van der Waals surface area contributed by atoms with E-state index in [4.69, 9.17) is 33.7 Å². The predicted molar refractivity (Wildman–Crippen MR) is 88.0 cm³/mol. The lowest BCUT2D eigenvalue weighted by atomic mass is 10.3. The predicted octanol–water partition coefficient (Wildman–Crippen LogP) is 2.93. The third-order valence-electron chi connectivity index (χ3n) is 2.74. The SMILES string of the molecule is Nc1ccc(S(=O)(=O)NCCOc2ccc(Cl)cc2Cl)cc1. The van der Waals surface area contributed by atoms with Crippen LogP contribution in [-0.4, -0.2) is 21.6 Å². The van der Waals surface area contributed by atoms with Crippen molar-refractivity contribution in [2.45, 2.75) is 4.90 Å². The molecule has 2 rings (SSSR count). The van der Waals surface area contributed by atoms with E-state index in [0.29, 0.717) is 21.5 Å². The highest BCUT2D eigenvalue weighted by atomic mass is 35.5. The molecule has 0 radical (unpaired) electrons. The largest absolute Gasteiger partial charge is 0.491 e. The number of hydrogen-bond acceptors (Lipinski definition) is 4. The summed E-state index contributed by atoms with van der Waals surface area (Å²) in [6.07, 6.45) is 0. The molecule has 0 atom stereocenters. The third kappa shape index (κ3) is 4.51. The number of nitrogens with one attached hydrogen (secondary N) is 1. The number of anilines is 1. The molecule has 5 nitrogen and oxygen atoms in total. The average molecular weight is 361 g/mol. The van der Waals surface area contributed by atoms with E-state index in [9.17, 15) is 8.42 Å². The second kappa shape index (κ2) is 7.19. The molecule has 0 bridgehead atoms.